The van der Waals surface area contributed by atoms with Gasteiger partial charge in [-0.15, -0.1) is 0 Å². The minimum absolute atomic E-state index is 0.00656. The molecule has 1 amide bonds. The van der Waals surface area contributed by atoms with E-state index in [1.807, 2.05) is 13.8 Å². The standard InChI is InChI=1S/C20H23NO4/c1-10(2)16-14-7-8-15(16)18(20(24)25)17(14)19(23)21-13-6-4-5-12(9-13)11(3)22/h4-6,9,14-15,17-18H,7-8H2,1-3H3,(H,21,23)(H,24,25). The van der Waals surface area contributed by atoms with Crippen molar-refractivity contribution in [1.29, 1.82) is 0 Å². The van der Waals surface area contributed by atoms with Crippen LogP contribution in [0.15, 0.2) is 35.4 Å². The third-order valence-electron chi connectivity index (χ3n) is 5.54. The molecular weight excluding hydrogens is 318 g/mol. The lowest BCUT2D eigenvalue weighted by Crippen LogP contribution is -2.37. The smallest absolute Gasteiger partial charge is 0.307 e. The van der Waals surface area contributed by atoms with E-state index in [9.17, 15) is 19.5 Å². The summed E-state index contributed by atoms with van der Waals surface area (Å²) in [4.78, 5) is 36.2. The van der Waals surface area contributed by atoms with Gasteiger partial charge in [-0.3, -0.25) is 14.4 Å². The van der Waals surface area contributed by atoms with Crippen LogP contribution in [0.1, 0.15) is 44.0 Å². The fourth-order valence-corrected chi connectivity index (χ4v) is 4.65. The number of aliphatic carboxylic acids is 1. The zero-order chi connectivity index (χ0) is 18.3. The summed E-state index contributed by atoms with van der Waals surface area (Å²) in [5, 5.41) is 12.5. The van der Waals surface area contributed by atoms with E-state index in [0.717, 1.165) is 24.0 Å². The van der Waals surface area contributed by atoms with Crippen LogP contribution in [0.25, 0.3) is 0 Å². The highest BCUT2D eigenvalue weighted by molar-refractivity contribution is 5.99. The topological polar surface area (TPSA) is 83.5 Å². The van der Waals surface area contributed by atoms with Crippen molar-refractivity contribution >= 4 is 23.3 Å². The van der Waals surface area contributed by atoms with E-state index in [0.29, 0.717) is 11.3 Å². The quantitative estimate of drug-likeness (QED) is 0.648. The maximum atomic E-state index is 12.9. The summed E-state index contributed by atoms with van der Waals surface area (Å²) in [6.45, 7) is 5.46. The van der Waals surface area contributed by atoms with Gasteiger partial charge in [0, 0.05) is 11.3 Å². The molecule has 0 saturated heterocycles. The largest absolute Gasteiger partial charge is 0.481 e. The summed E-state index contributed by atoms with van der Waals surface area (Å²) in [5.41, 5.74) is 3.34. The minimum atomic E-state index is -0.899. The van der Waals surface area contributed by atoms with Gasteiger partial charge in [0.2, 0.25) is 5.91 Å². The molecule has 2 N–H and O–H groups in total. The highest BCUT2D eigenvalue weighted by atomic mass is 16.4. The number of ketones is 1. The molecule has 0 heterocycles. The van der Waals surface area contributed by atoms with Crippen molar-refractivity contribution in [2.24, 2.45) is 23.7 Å². The predicted molar refractivity (Wildman–Crippen MR) is 94.3 cm³/mol. The van der Waals surface area contributed by atoms with Crippen molar-refractivity contribution in [3.63, 3.8) is 0 Å². The normalized spacial score (nSPS) is 27.2. The number of amides is 1. The van der Waals surface area contributed by atoms with Gasteiger partial charge in [-0.25, -0.2) is 0 Å². The van der Waals surface area contributed by atoms with Gasteiger partial charge in [0.15, 0.2) is 5.78 Å². The molecule has 0 spiro atoms. The SMILES string of the molecule is CC(=O)c1cccc(NC(=O)C2C3CCC(C3=C(C)C)C2C(=O)O)c1. The lowest BCUT2D eigenvalue weighted by Gasteiger charge is -2.26. The van der Waals surface area contributed by atoms with Crippen LogP contribution in [0.4, 0.5) is 5.69 Å². The van der Waals surface area contributed by atoms with Crippen molar-refractivity contribution in [2.45, 2.75) is 33.6 Å². The molecule has 0 aromatic heterocycles. The van der Waals surface area contributed by atoms with E-state index < -0.39 is 17.8 Å². The summed E-state index contributed by atoms with van der Waals surface area (Å²) >= 11 is 0. The molecule has 2 bridgehead atoms. The zero-order valence-electron chi connectivity index (χ0n) is 14.7. The first kappa shape index (κ1) is 17.4. The van der Waals surface area contributed by atoms with E-state index in [1.54, 1.807) is 24.3 Å². The number of carbonyl (C=O) groups excluding carboxylic acids is 2. The number of rotatable bonds is 4. The van der Waals surface area contributed by atoms with Gasteiger partial charge in [-0.05, 0) is 57.6 Å². The maximum Gasteiger partial charge on any atom is 0.307 e. The molecule has 5 heteroatoms. The Hall–Kier alpha value is -2.43. The Morgan fingerprint density at radius 2 is 1.68 bits per heavy atom. The number of carboxylic acid groups (broad SMARTS) is 1. The Kier molecular flexibility index (Phi) is 4.50. The number of allylic oxidation sites excluding steroid dienone is 2. The second-order valence-corrected chi connectivity index (χ2v) is 7.26. The molecule has 2 fully saturated rings. The number of hydrogen-bond acceptors (Lipinski definition) is 3. The molecule has 4 atom stereocenters. The zero-order valence-corrected chi connectivity index (χ0v) is 14.7. The fourth-order valence-electron chi connectivity index (χ4n) is 4.65. The fraction of sp³-hybridized carbons (Fsp3) is 0.450. The Morgan fingerprint density at radius 1 is 1.04 bits per heavy atom. The van der Waals surface area contributed by atoms with Crippen molar-refractivity contribution in [1.82, 2.24) is 0 Å². The van der Waals surface area contributed by atoms with E-state index in [-0.39, 0.29) is 23.5 Å². The summed E-state index contributed by atoms with van der Waals surface area (Å²) in [6.07, 6.45) is 1.70. The van der Waals surface area contributed by atoms with Gasteiger partial charge >= 0.3 is 5.97 Å². The molecule has 0 aliphatic heterocycles. The summed E-state index contributed by atoms with van der Waals surface area (Å²) in [5.74, 6) is -2.49. The van der Waals surface area contributed by atoms with Crippen LogP contribution in [-0.4, -0.2) is 22.8 Å². The number of Topliss-reactive ketones (excluding diaryl/α,β-unsaturated/α-hetero) is 1. The average molecular weight is 341 g/mol. The van der Waals surface area contributed by atoms with Crippen LogP contribution in [0.5, 0.6) is 0 Å². The van der Waals surface area contributed by atoms with E-state index >= 15 is 0 Å². The van der Waals surface area contributed by atoms with E-state index in [2.05, 4.69) is 5.32 Å². The number of fused-ring (bicyclic) bond motifs is 2. The number of carboxylic acids is 1. The molecule has 1 aromatic carbocycles. The Bertz CT molecular complexity index is 776. The van der Waals surface area contributed by atoms with E-state index in [1.165, 1.54) is 6.92 Å². The lowest BCUT2D eigenvalue weighted by atomic mass is 9.78. The molecule has 5 nitrogen and oxygen atoms in total. The Morgan fingerprint density at radius 3 is 2.24 bits per heavy atom. The van der Waals surface area contributed by atoms with Crippen molar-refractivity contribution in [3.05, 3.63) is 41.0 Å². The number of nitrogens with one attached hydrogen (secondary N) is 1. The minimum Gasteiger partial charge on any atom is -0.481 e. The van der Waals surface area contributed by atoms with Crippen molar-refractivity contribution in [2.75, 3.05) is 5.32 Å². The molecule has 2 saturated carbocycles. The van der Waals surface area contributed by atoms with Gasteiger partial charge in [0.1, 0.15) is 0 Å². The molecule has 2 aliphatic rings. The predicted octanol–water partition coefficient (Wildman–Crippen LogP) is 3.52. The van der Waals surface area contributed by atoms with Crippen molar-refractivity contribution in [3.8, 4) is 0 Å². The van der Waals surface area contributed by atoms with Gasteiger partial charge in [-0.2, -0.15) is 0 Å². The third kappa shape index (κ3) is 2.99. The van der Waals surface area contributed by atoms with Crippen LogP contribution in [0.2, 0.25) is 0 Å². The molecule has 0 radical (unpaired) electrons. The number of hydrogen-bond donors (Lipinski definition) is 2. The third-order valence-corrected chi connectivity index (χ3v) is 5.54. The van der Waals surface area contributed by atoms with E-state index in [4.69, 9.17) is 0 Å². The first-order valence-electron chi connectivity index (χ1n) is 8.63. The van der Waals surface area contributed by atoms with Gasteiger partial charge in [0.25, 0.3) is 0 Å². The van der Waals surface area contributed by atoms with Gasteiger partial charge in [-0.1, -0.05) is 23.3 Å². The van der Waals surface area contributed by atoms with Crippen LogP contribution >= 0.6 is 0 Å². The van der Waals surface area contributed by atoms with Crippen LogP contribution in [-0.2, 0) is 9.59 Å². The number of carbonyl (C=O) groups is 3. The molecule has 4 unspecified atom stereocenters. The first-order chi connectivity index (χ1) is 11.8. The second-order valence-electron chi connectivity index (χ2n) is 7.26. The maximum absolute atomic E-state index is 12.9. The van der Waals surface area contributed by atoms with Gasteiger partial charge in [0.05, 0.1) is 11.8 Å². The van der Waals surface area contributed by atoms with Crippen LogP contribution < -0.4 is 5.32 Å². The summed E-state index contributed by atoms with van der Waals surface area (Å²) < 4.78 is 0. The van der Waals surface area contributed by atoms with Crippen LogP contribution in [0, 0.1) is 23.7 Å². The molecule has 132 valence electrons. The Balaban J connectivity index is 1.88. The Labute approximate surface area is 147 Å². The van der Waals surface area contributed by atoms with Crippen molar-refractivity contribution < 1.29 is 19.5 Å². The summed E-state index contributed by atoms with van der Waals surface area (Å²) in [7, 11) is 0. The highest BCUT2D eigenvalue weighted by Crippen LogP contribution is 2.57. The average Bonchev–Trinajstić information content (AvgIpc) is 3.11. The monoisotopic (exact) mass is 341 g/mol. The van der Waals surface area contributed by atoms with Gasteiger partial charge < -0.3 is 10.4 Å². The highest BCUT2D eigenvalue weighted by Gasteiger charge is 2.57. The molecule has 3 rings (SSSR count). The second kappa shape index (κ2) is 6.47. The molecule has 25 heavy (non-hydrogen) atoms. The number of benzene rings is 1. The molecule has 1 aromatic rings. The van der Waals surface area contributed by atoms with Crippen LogP contribution in [0.3, 0.4) is 0 Å². The number of anilines is 1. The molecule has 2 aliphatic carbocycles. The summed E-state index contributed by atoms with van der Waals surface area (Å²) in [6, 6.07) is 6.75. The lowest BCUT2D eigenvalue weighted by molar-refractivity contribution is -0.148. The molecular formula is C20H23NO4. The first-order valence-corrected chi connectivity index (χ1v) is 8.63.